The van der Waals surface area contributed by atoms with Gasteiger partial charge in [-0.25, -0.2) is 8.42 Å². The summed E-state index contributed by atoms with van der Waals surface area (Å²) in [5, 5.41) is 3.68. The van der Waals surface area contributed by atoms with Crippen LogP contribution in [0.15, 0.2) is 33.7 Å². The van der Waals surface area contributed by atoms with Gasteiger partial charge in [0.05, 0.1) is 6.42 Å². The molecule has 1 fully saturated rings. The zero-order valence-corrected chi connectivity index (χ0v) is 15.8. The Hall–Kier alpha value is -2.35. The molecule has 0 bridgehead atoms. The second-order valence-electron chi connectivity index (χ2n) is 6.57. The van der Waals surface area contributed by atoms with Crippen molar-refractivity contribution in [3.63, 3.8) is 0 Å². The number of sulfonamides is 1. The first-order chi connectivity index (χ1) is 12.4. The van der Waals surface area contributed by atoms with E-state index in [0.717, 1.165) is 31.5 Å². The zero-order valence-electron chi connectivity index (χ0n) is 15.0. The molecule has 1 aromatic heterocycles. The number of anilines is 1. The van der Waals surface area contributed by atoms with Gasteiger partial charge in [0, 0.05) is 18.8 Å². The Labute approximate surface area is 153 Å². The molecule has 26 heavy (non-hydrogen) atoms. The largest absolute Gasteiger partial charge is 0.360 e. The van der Waals surface area contributed by atoms with Crippen molar-refractivity contribution in [2.45, 2.75) is 44.4 Å². The van der Waals surface area contributed by atoms with Crippen LogP contribution in [-0.2, 0) is 21.2 Å². The van der Waals surface area contributed by atoms with Crippen molar-refractivity contribution >= 4 is 21.6 Å². The number of benzene rings is 1. The number of carbonyl (C=O) groups excluding carboxylic acids is 1. The minimum absolute atomic E-state index is 0.0573. The first kappa shape index (κ1) is 18.4. The summed E-state index contributed by atoms with van der Waals surface area (Å²) in [6.07, 6.45) is 3.64. The molecular formula is C18H23N3O4S. The highest BCUT2D eigenvalue weighted by atomic mass is 32.2. The molecule has 0 radical (unpaired) electrons. The van der Waals surface area contributed by atoms with E-state index in [-0.39, 0.29) is 16.6 Å². The number of likely N-dealkylation sites (tertiary alicyclic amines) is 1. The van der Waals surface area contributed by atoms with Crippen LogP contribution >= 0.6 is 0 Å². The maximum atomic E-state index is 12.5. The highest BCUT2D eigenvalue weighted by Crippen LogP contribution is 2.22. The molecule has 0 aliphatic carbocycles. The highest BCUT2D eigenvalue weighted by Gasteiger charge is 2.24. The van der Waals surface area contributed by atoms with Crippen LogP contribution in [0.25, 0.3) is 0 Å². The molecule has 0 unspecified atom stereocenters. The number of nitrogens with one attached hydrogen (secondary N) is 1. The van der Waals surface area contributed by atoms with E-state index in [1.54, 1.807) is 38.1 Å². The summed E-state index contributed by atoms with van der Waals surface area (Å²) in [6, 6.07) is 6.86. The Morgan fingerprint density at radius 3 is 2.38 bits per heavy atom. The van der Waals surface area contributed by atoms with Gasteiger partial charge < -0.3 is 9.42 Å². The van der Waals surface area contributed by atoms with E-state index >= 15 is 0 Å². The fraction of sp³-hybridized carbons (Fsp3) is 0.444. The molecule has 1 aromatic carbocycles. The molecule has 8 heteroatoms. The van der Waals surface area contributed by atoms with Crippen LogP contribution in [-0.4, -0.2) is 37.5 Å². The Bertz CT molecular complexity index is 862. The van der Waals surface area contributed by atoms with Crippen LogP contribution in [0.2, 0.25) is 0 Å². The second kappa shape index (κ2) is 7.49. The van der Waals surface area contributed by atoms with E-state index in [2.05, 4.69) is 9.88 Å². The summed E-state index contributed by atoms with van der Waals surface area (Å²) in [4.78, 5) is 14.3. The lowest BCUT2D eigenvalue weighted by Gasteiger charge is -2.26. The molecule has 2 aromatic rings. The van der Waals surface area contributed by atoms with Crippen LogP contribution in [0.3, 0.4) is 0 Å². The van der Waals surface area contributed by atoms with Crippen molar-refractivity contribution < 1.29 is 17.7 Å². The van der Waals surface area contributed by atoms with Crippen molar-refractivity contribution in [2.75, 3.05) is 17.8 Å². The lowest BCUT2D eigenvalue weighted by atomic mass is 10.1. The number of rotatable bonds is 5. The van der Waals surface area contributed by atoms with Gasteiger partial charge in [-0.1, -0.05) is 17.3 Å². The molecule has 0 saturated carbocycles. The van der Waals surface area contributed by atoms with Gasteiger partial charge >= 0.3 is 0 Å². The third-order valence-electron chi connectivity index (χ3n) is 4.51. The van der Waals surface area contributed by atoms with Gasteiger partial charge in [0.2, 0.25) is 5.91 Å². The summed E-state index contributed by atoms with van der Waals surface area (Å²) >= 11 is 0. The summed E-state index contributed by atoms with van der Waals surface area (Å²) in [6.45, 7) is 4.80. The van der Waals surface area contributed by atoms with E-state index in [4.69, 9.17) is 4.52 Å². The van der Waals surface area contributed by atoms with Gasteiger partial charge in [-0.05, 0) is 50.8 Å². The van der Waals surface area contributed by atoms with Gasteiger partial charge in [-0.2, -0.15) is 0 Å². The molecule has 0 spiro atoms. The smallest absolute Gasteiger partial charge is 0.267 e. The standard InChI is InChI=1S/C18H23N3O4S/c1-13-18(14(2)25-19-13)26(23,24)20-16-8-6-15(7-9-16)12-17(22)21-10-4-3-5-11-21/h6-9,20H,3-5,10-12H2,1-2H3. The van der Waals surface area contributed by atoms with Crippen LogP contribution in [0.5, 0.6) is 0 Å². The average Bonchev–Trinajstić information content (AvgIpc) is 2.96. The predicted molar refractivity (Wildman–Crippen MR) is 97.4 cm³/mol. The lowest BCUT2D eigenvalue weighted by molar-refractivity contribution is -0.131. The predicted octanol–water partition coefficient (Wildman–Crippen LogP) is 2.65. The molecule has 140 valence electrons. The average molecular weight is 377 g/mol. The number of carbonyl (C=O) groups is 1. The van der Waals surface area contributed by atoms with Crippen molar-refractivity contribution in [1.82, 2.24) is 10.1 Å². The Morgan fingerprint density at radius 2 is 1.81 bits per heavy atom. The van der Waals surface area contributed by atoms with E-state index in [1.165, 1.54) is 6.42 Å². The van der Waals surface area contributed by atoms with E-state index < -0.39 is 10.0 Å². The number of hydrogen-bond donors (Lipinski definition) is 1. The molecule has 7 nitrogen and oxygen atoms in total. The first-order valence-electron chi connectivity index (χ1n) is 8.69. The van der Waals surface area contributed by atoms with Crippen LogP contribution < -0.4 is 4.72 Å². The van der Waals surface area contributed by atoms with Crippen molar-refractivity contribution in [2.24, 2.45) is 0 Å². The maximum absolute atomic E-state index is 12.5. The van der Waals surface area contributed by atoms with Gasteiger partial charge in [0.15, 0.2) is 10.7 Å². The van der Waals surface area contributed by atoms with Gasteiger partial charge in [-0.3, -0.25) is 9.52 Å². The first-order valence-corrected chi connectivity index (χ1v) is 10.2. The SMILES string of the molecule is Cc1noc(C)c1S(=O)(=O)Nc1ccc(CC(=O)N2CCCCC2)cc1. The molecule has 1 N–H and O–H groups in total. The Kier molecular flexibility index (Phi) is 5.31. The summed E-state index contributed by atoms with van der Waals surface area (Å²) in [5.41, 5.74) is 1.61. The number of piperidine rings is 1. The molecule has 3 rings (SSSR count). The van der Waals surface area contributed by atoms with Crippen molar-refractivity contribution in [1.29, 1.82) is 0 Å². The van der Waals surface area contributed by atoms with Crippen molar-refractivity contribution in [3.05, 3.63) is 41.3 Å². The van der Waals surface area contributed by atoms with Crippen molar-refractivity contribution in [3.8, 4) is 0 Å². The zero-order chi connectivity index (χ0) is 18.7. The topological polar surface area (TPSA) is 92.5 Å². The van der Waals surface area contributed by atoms with E-state index in [1.807, 2.05) is 4.90 Å². The Balaban J connectivity index is 1.67. The maximum Gasteiger partial charge on any atom is 0.267 e. The number of nitrogens with zero attached hydrogens (tertiary/aromatic N) is 2. The minimum atomic E-state index is -3.77. The molecule has 2 heterocycles. The fourth-order valence-electron chi connectivity index (χ4n) is 3.18. The number of hydrogen-bond acceptors (Lipinski definition) is 5. The quantitative estimate of drug-likeness (QED) is 0.865. The molecule has 0 atom stereocenters. The summed E-state index contributed by atoms with van der Waals surface area (Å²) < 4.78 is 32.5. The third-order valence-corrected chi connectivity index (χ3v) is 6.13. The number of aryl methyl sites for hydroxylation is 2. The third kappa shape index (κ3) is 4.07. The fourth-order valence-corrected chi connectivity index (χ4v) is 4.58. The Morgan fingerprint density at radius 1 is 1.15 bits per heavy atom. The van der Waals surface area contributed by atoms with Gasteiger partial charge in [0.1, 0.15) is 5.69 Å². The lowest BCUT2D eigenvalue weighted by Crippen LogP contribution is -2.36. The van der Waals surface area contributed by atoms with E-state index in [9.17, 15) is 13.2 Å². The molecule has 1 saturated heterocycles. The molecule has 1 aliphatic heterocycles. The summed E-state index contributed by atoms with van der Waals surface area (Å²) in [7, 11) is -3.77. The number of amides is 1. The normalized spacial score (nSPS) is 15.1. The van der Waals surface area contributed by atoms with Crippen LogP contribution in [0.4, 0.5) is 5.69 Å². The van der Waals surface area contributed by atoms with Crippen LogP contribution in [0.1, 0.15) is 36.3 Å². The van der Waals surface area contributed by atoms with Gasteiger partial charge in [-0.15, -0.1) is 0 Å². The summed E-state index contributed by atoms with van der Waals surface area (Å²) in [5.74, 6) is 0.368. The van der Waals surface area contributed by atoms with Crippen LogP contribution in [0, 0.1) is 13.8 Å². The second-order valence-corrected chi connectivity index (χ2v) is 8.19. The highest BCUT2D eigenvalue weighted by molar-refractivity contribution is 7.92. The van der Waals surface area contributed by atoms with Gasteiger partial charge in [0.25, 0.3) is 10.0 Å². The van der Waals surface area contributed by atoms with E-state index in [0.29, 0.717) is 17.8 Å². The monoisotopic (exact) mass is 377 g/mol. The number of aromatic nitrogens is 1. The molecule has 1 aliphatic rings. The minimum Gasteiger partial charge on any atom is -0.360 e. The molecular weight excluding hydrogens is 354 g/mol. The molecule has 1 amide bonds.